The van der Waals surface area contributed by atoms with E-state index in [0.717, 1.165) is 22.1 Å². The van der Waals surface area contributed by atoms with E-state index in [-0.39, 0.29) is 34.4 Å². The van der Waals surface area contributed by atoms with Crippen LogP contribution in [0.15, 0.2) is 59.5 Å². The number of anilines is 1. The minimum absolute atomic E-state index is 0.00247. The van der Waals surface area contributed by atoms with Crippen LogP contribution in [0.25, 0.3) is 0 Å². The van der Waals surface area contributed by atoms with Crippen LogP contribution in [0.5, 0.6) is 0 Å². The first kappa shape index (κ1) is 22.9. The number of carbonyl (C=O) groups is 1. The molecule has 0 unspecified atom stereocenters. The lowest BCUT2D eigenvalue weighted by atomic mass is 9.48. The number of nitrogens with zero attached hydrogens (tertiary/aromatic N) is 2. The Morgan fingerprint density at radius 1 is 1.06 bits per heavy atom. The van der Waals surface area contributed by atoms with E-state index in [1.165, 1.54) is 50.7 Å². The Bertz CT molecular complexity index is 1180. The van der Waals surface area contributed by atoms with Crippen molar-refractivity contribution in [1.82, 2.24) is 5.32 Å². The van der Waals surface area contributed by atoms with Crippen molar-refractivity contribution in [3.05, 3.63) is 60.2 Å². The quantitative estimate of drug-likeness (QED) is 0.637. The van der Waals surface area contributed by atoms with Gasteiger partial charge in [-0.05, 0) is 98.9 Å². The van der Waals surface area contributed by atoms with E-state index in [1.807, 2.05) is 6.07 Å². The second-order valence-corrected chi connectivity index (χ2v) is 12.4. The number of benzene rings is 2. The molecule has 6 rings (SSSR count). The summed E-state index contributed by atoms with van der Waals surface area (Å²) in [6, 6.07) is 16.6. The molecule has 34 heavy (non-hydrogen) atoms. The number of nitrogens with one attached hydrogen (secondary N) is 1. The van der Waals surface area contributed by atoms with Crippen molar-refractivity contribution in [2.75, 3.05) is 10.8 Å². The van der Waals surface area contributed by atoms with Crippen molar-refractivity contribution in [2.45, 2.75) is 56.4 Å². The standard InChI is InChI=1S/C27H31N3O3S/c1-19(27-14-21-10-22(15-27)12-23(11-21)16-27)29-26(31)18-30(24-7-3-2-4-8-24)34(32,33)25-9-5-6-20(13-25)17-28/h2-9,13,19,21-23H,10-12,14-16,18H2,1H3,(H,29,31)/t19-,21?,22?,23?,27?/m1/s1. The summed E-state index contributed by atoms with van der Waals surface area (Å²) in [6.45, 7) is 1.79. The Kier molecular flexibility index (Phi) is 5.89. The smallest absolute Gasteiger partial charge is 0.264 e. The molecule has 0 saturated heterocycles. The molecule has 7 heteroatoms. The minimum atomic E-state index is -4.04. The summed E-state index contributed by atoms with van der Waals surface area (Å²) in [5.74, 6) is 2.03. The monoisotopic (exact) mass is 477 g/mol. The van der Waals surface area contributed by atoms with Crippen molar-refractivity contribution in [2.24, 2.45) is 23.2 Å². The summed E-state index contributed by atoms with van der Waals surface area (Å²) in [4.78, 5) is 13.3. The van der Waals surface area contributed by atoms with E-state index >= 15 is 0 Å². The number of nitriles is 1. The lowest BCUT2D eigenvalue weighted by molar-refractivity contribution is -0.124. The van der Waals surface area contributed by atoms with Gasteiger partial charge in [0, 0.05) is 6.04 Å². The number of rotatable bonds is 7. The fourth-order valence-electron chi connectivity index (χ4n) is 7.04. The summed E-state index contributed by atoms with van der Waals surface area (Å²) < 4.78 is 28.3. The van der Waals surface area contributed by atoms with Crippen LogP contribution in [0, 0.1) is 34.5 Å². The summed E-state index contributed by atoms with van der Waals surface area (Å²) >= 11 is 0. The van der Waals surface area contributed by atoms with Crippen LogP contribution in [0.2, 0.25) is 0 Å². The van der Waals surface area contributed by atoms with E-state index in [0.29, 0.717) is 5.69 Å². The number of hydrogen-bond acceptors (Lipinski definition) is 4. The van der Waals surface area contributed by atoms with Crippen molar-refractivity contribution in [3.8, 4) is 6.07 Å². The van der Waals surface area contributed by atoms with Gasteiger partial charge in [0.1, 0.15) is 6.54 Å². The van der Waals surface area contributed by atoms with Crippen molar-refractivity contribution < 1.29 is 13.2 Å². The SMILES string of the molecule is C[C@@H](NC(=O)CN(c1ccccc1)S(=O)(=O)c1cccc(C#N)c1)C12CC3CC(CC(C3)C1)C2. The highest BCUT2D eigenvalue weighted by atomic mass is 32.2. The van der Waals surface area contributed by atoms with Crippen LogP contribution in [-0.4, -0.2) is 26.9 Å². The van der Waals surface area contributed by atoms with Crippen LogP contribution in [-0.2, 0) is 14.8 Å². The number of para-hydroxylation sites is 1. The molecule has 4 aliphatic carbocycles. The van der Waals surface area contributed by atoms with E-state index in [9.17, 15) is 18.5 Å². The first-order valence-electron chi connectivity index (χ1n) is 12.2. The molecular weight excluding hydrogens is 446 g/mol. The van der Waals surface area contributed by atoms with Gasteiger partial charge in [0.15, 0.2) is 0 Å². The predicted octanol–water partition coefficient (Wildman–Crippen LogP) is 4.47. The third-order valence-electron chi connectivity index (χ3n) is 8.26. The van der Waals surface area contributed by atoms with Gasteiger partial charge in [0.05, 0.1) is 22.2 Å². The Labute approximate surface area is 202 Å². The maximum atomic E-state index is 13.6. The van der Waals surface area contributed by atoms with Gasteiger partial charge in [-0.2, -0.15) is 5.26 Å². The second-order valence-electron chi connectivity index (χ2n) is 10.6. The summed E-state index contributed by atoms with van der Waals surface area (Å²) in [7, 11) is -4.04. The Morgan fingerprint density at radius 2 is 1.68 bits per heavy atom. The summed E-state index contributed by atoms with van der Waals surface area (Å²) in [5.41, 5.74) is 0.818. The minimum Gasteiger partial charge on any atom is -0.352 e. The molecule has 0 radical (unpaired) electrons. The number of hydrogen-bond donors (Lipinski definition) is 1. The van der Waals surface area contributed by atoms with E-state index in [2.05, 4.69) is 12.2 Å². The number of amides is 1. The first-order chi connectivity index (χ1) is 16.3. The third-order valence-corrected chi connectivity index (χ3v) is 10.0. The zero-order valence-electron chi connectivity index (χ0n) is 19.5. The van der Waals surface area contributed by atoms with Gasteiger partial charge in [-0.3, -0.25) is 9.10 Å². The Balaban J connectivity index is 1.38. The maximum absolute atomic E-state index is 13.6. The Hall–Kier alpha value is -2.85. The fourth-order valence-corrected chi connectivity index (χ4v) is 8.51. The fraction of sp³-hybridized carbons (Fsp3) is 0.481. The highest BCUT2D eigenvalue weighted by Crippen LogP contribution is 2.61. The molecule has 4 aliphatic rings. The van der Waals surface area contributed by atoms with Gasteiger partial charge in [0.25, 0.3) is 10.0 Å². The van der Waals surface area contributed by atoms with Gasteiger partial charge in [-0.25, -0.2) is 8.42 Å². The largest absolute Gasteiger partial charge is 0.352 e. The van der Waals surface area contributed by atoms with E-state index < -0.39 is 10.0 Å². The summed E-state index contributed by atoms with van der Waals surface area (Å²) in [6.07, 6.45) is 7.51. The predicted molar refractivity (Wildman–Crippen MR) is 130 cm³/mol. The van der Waals surface area contributed by atoms with Crippen LogP contribution >= 0.6 is 0 Å². The van der Waals surface area contributed by atoms with E-state index in [1.54, 1.807) is 42.5 Å². The molecule has 2 aromatic carbocycles. The molecule has 0 aromatic heterocycles. The summed E-state index contributed by atoms with van der Waals surface area (Å²) in [5, 5.41) is 12.4. The molecule has 4 bridgehead atoms. The van der Waals surface area contributed by atoms with E-state index in [4.69, 9.17) is 0 Å². The average molecular weight is 478 g/mol. The molecule has 0 spiro atoms. The lowest BCUT2D eigenvalue weighted by Crippen LogP contribution is -2.57. The first-order valence-corrected chi connectivity index (χ1v) is 13.6. The molecule has 0 aliphatic heterocycles. The third kappa shape index (κ3) is 4.20. The highest BCUT2D eigenvalue weighted by Gasteiger charge is 2.53. The van der Waals surface area contributed by atoms with Crippen molar-refractivity contribution >= 4 is 21.6 Å². The highest BCUT2D eigenvalue weighted by molar-refractivity contribution is 7.92. The molecule has 2 aromatic rings. The van der Waals surface area contributed by atoms with Crippen LogP contribution < -0.4 is 9.62 Å². The van der Waals surface area contributed by atoms with Gasteiger partial charge in [0.2, 0.25) is 5.91 Å². The van der Waals surface area contributed by atoms with Crippen molar-refractivity contribution in [3.63, 3.8) is 0 Å². The zero-order chi connectivity index (χ0) is 23.9. The molecule has 1 atom stereocenters. The van der Waals surface area contributed by atoms with Crippen molar-refractivity contribution in [1.29, 1.82) is 5.26 Å². The number of carbonyl (C=O) groups excluding carboxylic acids is 1. The second kappa shape index (κ2) is 8.74. The van der Waals surface area contributed by atoms with Gasteiger partial charge in [-0.15, -0.1) is 0 Å². The molecular formula is C27H31N3O3S. The topological polar surface area (TPSA) is 90.3 Å². The molecule has 4 fully saturated rings. The van der Waals surface area contributed by atoms with Crippen LogP contribution in [0.1, 0.15) is 51.0 Å². The molecule has 1 N–H and O–H groups in total. The lowest BCUT2D eigenvalue weighted by Gasteiger charge is -2.59. The normalized spacial score (nSPS) is 28.2. The molecule has 178 valence electrons. The zero-order valence-corrected chi connectivity index (χ0v) is 20.3. The molecule has 6 nitrogen and oxygen atoms in total. The molecule has 0 heterocycles. The van der Waals surface area contributed by atoms with Gasteiger partial charge < -0.3 is 5.32 Å². The van der Waals surface area contributed by atoms with Crippen LogP contribution in [0.4, 0.5) is 5.69 Å². The van der Waals surface area contributed by atoms with Crippen LogP contribution in [0.3, 0.4) is 0 Å². The Morgan fingerprint density at radius 3 is 2.26 bits per heavy atom. The maximum Gasteiger partial charge on any atom is 0.264 e. The molecule has 4 saturated carbocycles. The molecule has 1 amide bonds. The van der Waals surface area contributed by atoms with Gasteiger partial charge in [-0.1, -0.05) is 24.3 Å². The number of sulfonamides is 1. The average Bonchev–Trinajstić information content (AvgIpc) is 2.82. The van der Waals surface area contributed by atoms with Gasteiger partial charge >= 0.3 is 0 Å².